The van der Waals surface area contributed by atoms with Gasteiger partial charge in [0, 0.05) is 19.1 Å². The molecule has 0 bridgehead atoms. The Hall–Kier alpha value is -0.570. The second-order valence-electron chi connectivity index (χ2n) is 5.05. The van der Waals surface area contributed by atoms with Gasteiger partial charge >= 0.3 is 0 Å². The van der Waals surface area contributed by atoms with Gasteiger partial charge in [-0.05, 0) is 40.0 Å². The predicted molar refractivity (Wildman–Crippen MR) is 74.1 cm³/mol. The summed E-state index contributed by atoms with van der Waals surface area (Å²) in [5, 5.41) is 3.40. The maximum absolute atomic E-state index is 12.1. The van der Waals surface area contributed by atoms with E-state index < -0.39 is 0 Å². The van der Waals surface area contributed by atoms with Gasteiger partial charge in [0.15, 0.2) is 0 Å². The van der Waals surface area contributed by atoms with Crippen molar-refractivity contribution >= 4 is 5.91 Å². The molecule has 0 aliphatic rings. The lowest BCUT2D eigenvalue weighted by Gasteiger charge is -2.26. The molecule has 0 heterocycles. The van der Waals surface area contributed by atoms with Crippen molar-refractivity contribution in [1.82, 2.24) is 10.2 Å². The van der Waals surface area contributed by atoms with Gasteiger partial charge in [-0.15, -0.1) is 0 Å². The smallest absolute Gasteiger partial charge is 0.239 e. The average molecular weight is 242 g/mol. The molecule has 0 rings (SSSR count). The Bertz CT molecular complexity index is 214. The minimum absolute atomic E-state index is 0.0750. The molecular weight excluding hydrogens is 212 g/mol. The maximum Gasteiger partial charge on any atom is 0.239 e. The fourth-order valence-electron chi connectivity index (χ4n) is 2.15. The molecule has 3 atom stereocenters. The normalized spacial score (nSPS) is 16.4. The highest BCUT2D eigenvalue weighted by Crippen LogP contribution is 2.10. The van der Waals surface area contributed by atoms with E-state index in [0.29, 0.717) is 12.0 Å². The fourth-order valence-corrected chi connectivity index (χ4v) is 2.15. The van der Waals surface area contributed by atoms with Crippen molar-refractivity contribution in [2.24, 2.45) is 5.92 Å². The minimum atomic E-state index is -0.0750. The molecule has 3 unspecified atom stereocenters. The number of nitrogens with zero attached hydrogens (tertiary/aromatic N) is 1. The zero-order valence-electron chi connectivity index (χ0n) is 12.4. The average Bonchev–Trinajstić information content (AvgIpc) is 2.29. The fraction of sp³-hybridized carbons (Fsp3) is 0.929. The molecule has 0 saturated heterocycles. The first-order chi connectivity index (χ1) is 7.96. The molecule has 17 heavy (non-hydrogen) atoms. The summed E-state index contributed by atoms with van der Waals surface area (Å²) in [4.78, 5) is 13.9. The number of hydrogen-bond acceptors (Lipinski definition) is 2. The van der Waals surface area contributed by atoms with Gasteiger partial charge in [-0.3, -0.25) is 4.79 Å². The molecule has 0 aromatic carbocycles. The zero-order chi connectivity index (χ0) is 13.4. The van der Waals surface area contributed by atoms with Crippen molar-refractivity contribution < 1.29 is 4.79 Å². The molecule has 3 heteroatoms. The standard InChI is InChI=1S/C14H30N2O/c1-7-11(4)10-12(5)15-13(6)14(17)16(8-2)9-3/h11-13,15H,7-10H2,1-6H3. The van der Waals surface area contributed by atoms with Gasteiger partial charge < -0.3 is 10.2 Å². The van der Waals surface area contributed by atoms with E-state index in [2.05, 4.69) is 26.1 Å². The number of carbonyl (C=O) groups excluding carboxylic acids is 1. The topological polar surface area (TPSA) is 32.3 Å². The van der Waals surface area contributed by atoms with Crippen LogP contribution in [0.5, 0.6) is 0 Å². The Morgan fingerprint density at radius 3 is 2.06 bits per heavy atom. The van der Waals surface area contributed by atoms with Crippen LogP contribution in [0.4, 0.5) is 0 Å². The number of nitrogens with one attached hydrogen (secondary N) is 1. The molecule has 1 N–H and O–H groups in total. The molecule has 3 nitrogen and oxygen atoms in total. The lowest BCUT2D eigenvalue weighted by Crippen LogP contribution is -2.47. The van der Waals surface area contributed by atoms with Gasteiger partial charge in [-0.2, -0.15) is 0 Å². The summed E-state index contributed by atoms with van der Waals surface area (Å²) in [6, 6.07) is 0.327. The van der Waals surface area contributed by atoms with Crippen LogP contribution in [0.15, 0.2) is 0 Å². The molecule has 0 aromatic heterocycles. The third-order valence-corrected chi connectivity index (χ3v) is 3.43. The van der Waals surface area contributed by atoms with Crippen LogP contribution in [-0.4, -0.2) is 36.0 Å². The summed E-state index contributed by atoms with van der Waals surface area (Å²) in [7, 11) is 0. The minimum Gasteiger partial charge on any atom is -0.342 e. The van der Waals surface area contributed by atoms with Crippen LogP contribution in [0.25, 0.3) is 0 Å². The molecule has 102 valence electrons. The van der Waals surface area contributed by atoms with Crippen molar-refractivity contribution in [3.63, 3.8) is 0 Å². The Kier molecular flexibility index (Phi) is 8.23. The molecule has 0 saturated carbocycles. The highest BCUT2D eigenvalue weighted by Gasteiger charge is 2.19. The van der Waals surface area contributed by atoms with Gasteiger partial charge in [-0.25, -0.2) is 0 Å². The van der Waals surface area contributed by atoms with Crippen molar-refractivity contribution in [2.45, 2.75) is 66.5 Å². The predicted octanol–water partition coefficient (Wildman–Crippen LogP) is 2.66. The highest BCUT2D eigenvalue weighted by atomic mass is 16.2. The van der Waals surface area contributed by atoms with Crippen LogP contribution in [0, 0.1) is 5.92 Å². The maximum atomic E-state index is 12.1. The summed E-state index contributed by atoms with van der Waals surface area (Å²) >= 11 is 0. The van der Waals surface area contributed by atoms with Crippen LogP contribution in [0.3, 0.4) is 0 Å². The second-order valence-corrected chi connectivity index (χ2v) is 5.05. The van der Waals surface area contributed by atoms with E-state index in [-0.39, 0.29) is 11.9 Å². The molecule has 1 amide bonds. The SMILES string of the molecule is CCC(C)CC(C)NC(C)C(=O)N(CC)CC. The Morgan fingerprint density at radius 2 is 1.65 bits per heavy atom. The Balaban J connectivity index is 4.14. The van der Waals surface area contributed by atoms with E-state index in [1.165, 1.54) is 6.42 Å². The monoisotopic (exact) mass is 242 g/mol. The molecule has 0 radical (unpaired) electrons. The van der Waals surface area contributed by atoms with Gasteiger partial charge in [0.2, 0.25) is 5.91 Å². The zero-order valence-corrected chi connectivity index (χ0v) is 12.4. The van der Waals surface area contributed by atoms with Crippen molar-refractivity contribution in [3.05, 3.63) is 0 Å². The van der Waals surface area contributed by atoms with Gasteiger partial charge in [0.05, 0.1) is 6.04 Å². The number of amides is 1. The largest absolute Gasteiger partial charge is 0.342 e. The van der Waals surface area contributed by atoms with Gasteiger partial charge in [-0.1, -0.05) is 20.3 Å². The first kappa shape index (κ1) is 16.4. The molecular formula is C14H30N2O. The molecule has 0 aliphatic heterocycles. The van der Waals surface area contributed by atoms with Crippen molar-refractivity contribution in [2.75, 3.05) is 13.1 Å². The van der Waals surface area contributed by atoms with E-state index in [0.717, 1.165) is 19.5 Å². The number of hydrogen-bond donors (Lipinski definition) is 1. The van der Waals surface area contributed by atoms with Gasteiger partial charge in [0.1, 0.15) is 0 Å². The van der Waals surface area contributed by atoms with E-state index in [4.69, 9.17) is 0 Å². The first-order valence-electron chi connectivity index (χ1n) is 7.00. The lowest BCUT2D eigenvalue weighted by atomic mass is 10.00. The summed E-state index contributed by atoms with van der Waals surface area (Å²) in [6.07, 6.45) is 2.33. The summed E-state index contributed by atoms with van der Waals surface area (Å²) in [5.74, 6) is 0.930. The third kappa shape index (κ3) is 6.06. The lowest BCUT2D eigenvalue weighted by molar-refractivity contribution is -0.132. The van der Waals surface area contributed by atoms with Crippen molar-refractivity contribution in [3.8, 4) is 0 Å². The van der Waals surface area contributed by atoms with Gasteiger partial charge in [0.25, 0.3) is 0 Å². The van der Waals surface area contributed by atoms with Crippen LogP contribution in [-0.2, 0) is 4.79 Å². The van der Waals surface area contributed by atoms with Crippen LogP contribution < -0.4 is 5.32 Å². The molecule has 0 fully saturated rings. The second kappa shape index (κ2) is 8.51. The summed E-state index contributed by atoms with van der Waals surface area (Å²) in [5.41, 5.74) is 0. The van der Waals surface area contributed by atoms with E-state index in [9.17, 15) is 4.79 Å². The van der Waals surface area contributed by atoms with Crippen LogP contribution >= 0.6 is 0 Å². The highest BCUT2D eigenvalue weighted by molar-refractivity contribution is 5.81. The van der Waals surface area contributed by atoms with E-state index >= 15 is 0 Å². The molecule has 0 spiro atoms. The molecule has 0 aliphatic carbocycles. The first-order valence-corrected chi connectivity index (χ1v) is 7.00. The summed E-state index contributed by atoms with van der Waals surface area (Å²) < 4.78 is 0. The van der Waals surface area contributed by atoms with E-state index in [1.54, 1.807) is 0 Å². The Morgan fingerprint density at radius 1 is 1.12 bits per heavy atom. The quantitative estimate of drug-likeness (QED) is 0.709. The van der Waals surface area contributed by atoms with Crippen molar-refractivity contribution in [1.29, 1.82) is 0 Å². The Labute approximate surface area is 107 Å². The summed E-state index contributed by atoms with van der Waals surface area (Å²) in [6.45, 7) is 14.2. The molecule has 0 aromatic rings. The van der Waals surface area contributed by atoms with Crippen LogP contribution in [0.1, 0.15) is 54.4 Å². The van der Waals surface area contributed by atoms with E-state index in [1.807, 2.05) is 25.7 Å². The number of carbonyl (C=O) groups is 1. The number of likely N-dealkylation sites (N-methyl/N-ethyl adjacent to an activating group) is 1. The third-order valence-electron chi connectivity index (χ3n) is 3.43. The van der Waals surface area contributed by atoms with Crippen LogP contribution in [0.2, 0.25) is 0 Å². The number of rotatable bonds is 8.